The van der Waals surface area contributed by atoms with E-state index >= 15 is 0 Å². The van der Waals surface area contributed by atoms with Crippen LogP contribution in [0.5, 0.6) is 5.75 Å². The molecule has 3 aromatic rings. The smallest absolute Gasteiger partial charge is 0.331 e. The molecule has 0 atom stereocenters. The lowest BCUT2D eigenvalue weighted by Gasteiger charge is -2.05. The van der Waals surface area contributed by atoms with Crippen molar-refractivity contribution in [1.29, 1.82) is 0 Å². The molecule has 6 nitrogen and oxygen atoms in total. The molecule has 0 fully saturated rings. The molecule has 130 valence electrons. The summed E-state index contributed by atoms with van der Waals surface area (Å²) in [5.74, 6) is -5.35. The van der Waals surface area contributed by atoms with E-state index in [0.29, 0.717) is 10.9 Å². The van der Waals surface area contributed by atoms with Crippen LogP contribution in [0.3, 0.4) is 0 Å². The van der Waals surface area contributed by atoms with E-state index in [1.54, 1.807) is 0 Å². The third kappa shape index (κ3) is 2.95. The van der Waals surface area contributed by atoms with Crippen LogP contribution in [0.1, 0.15) is 4.88 Å². The Kier molecular flexibility index (Phi) is 4.21. The molecule has 2 aromatic heterocycles. The number of halogens is 3. The van der Waals surface area contributed by atoms with Crippen molar-refractivity contribution in [2.24, 2.45) is 7.05 Å². The molecule has 10 heteroatoms. The fourth-order valence-electron chi connectivity index (χ4n) is 2.18. The first-order valence-corrected chi connectivity index (χ1v) is 7.69. The van der Waals surface area contributed by atoms with E-state index in [4.69, 9.17) is 0 Å². The van der Waals surface area contributed by atoms with Gasteiger partial charge >= 0.3 is 5.69 Å². The van der Waals surface area contributed by atoms with Crippen molar-refractivity contribution in [3.63, 3.8) is 0 Å². The number of hydrogen-bond acceptors (Lipinski definition) is 5. The molecular formula is C15H10F3N3O3S. The molecule has 0 amide bonds. The minimum Gasteiger partial charge on any atom is -0.503 e. The van der Waals surface area contributed by atoms with Gasteiger partial charge in [-0.1, -0.05) is 0 Å². The van der Waals surface area contributed by atoms with Gasteiger partial charge in [-0.3, -0.25) is 13.9 Å². The Bertz CT molecular complexity index is 1090. The van der Waals surface area contributed by atoms with Gasteiger partial charge in [-0.2, -0.15) is 0 Å². The Morgan fingerprint density at radius 1 is 1.24 bits per heavy atom. The molecule has 25 heavy (non-hydrogen) atoms. The van der Waals surface area contributed by atoms with Crippen molar-refractivity contribution in [1.82, 2.24) is 14.1 Å². The quantitative estimate of drug-likeness (QED) is 0.764. The van der Waals surface area contributed by atoms with E-state index in [-0.39, 0.29) is 11.6 Å². The SMILES string of the molecule is Cn1c(=O)ccn(Cc2cnc(-c3c(F)cc(F)c(O)c3F)s2)c1=O. The highest BCUT2D eigenvalue weighted by atomic mass is 32.1. The van der Waals surface area contributed by atoms with Crippen LogP contribution < -0.4 is 11.2 Å². The Balaban J connectivity index is 2.00. The van der Waals surface area contributed by atoms with Gasteiger partial charge in [0, 0.05) is 36.5 Å². The number of nitrogens with zero attached hydrogens (tertiary/aromatic N) is 3. The second-order valence-corrected chi connectivity index (χ2v) is 6.25. The minimum absolute atomic E-state index is 0.0288. The minimum atomic E-state index is -1.45. The van der Waals surface area contributed by atoms with Crippen LogP contribution in [0.2, 0.25) is 0 Å². The topological polar surface area (TPSA) is 77.1 Å². The molecule has 3 rings (SSSR count). The molecule has 0 radical (unpaired) electrons. The highest BCUT2D eigenvalue weighted by molar-refractivity contribution is 7.15. The fourth-order valence-corrected chi connectivity index (χ4v) is 3.13. The van der Waals surface area contributed by atoms with Gasteiger partial charge in [0.1, 0.15) is 10.8 Å². The Morgan fingerprint density at radius 2 is 1.96 bits per heavy atom. The number of hydrogen-bond donors (Lipinski definition) is 1. The average molecular weight is 369 g/mol. The summed E-state index contributed by atoms with van der Waals surface area (Å²) in [7, 11) is 1.32. The predicted molar refractivity (Wildman–Crippen MR) is 84.1 cm³/mol. The maximum absolute atomic E-state index is 14.0. The van der Waals surface area contributed by atoms with E-state index < -0.39 is 40.0 Å². The monoisotopic (exact) mass is 369 g/mol. The second kappa shape index (κ2) is 6.20. The summed E-state index contributed by atoms with van der Waals surface area (Å²) in [6.07, 6.45) is 2.60. The van der Waals surface area contributed by atoms with E-state index in [1.807, 2.05) is 0 Å². The van der Waals surface area contributed by atoms with Crippen LogP contribution in [-0.4, -0.2) is 19.2 Å². The molecule has 1 N–H and O–H groups in total. The van der Waals surface area contributed by atoms with Gasteiger partial charge in [-0.15, -0.1) is 11.3 Å². The standard InChI is InChI=1S/C15H10F3N3O3S/c1-20-10(22)2-3-21(15(20)24)6-7-5-19-14(25-7)11-8(16)4-9(17)13(23)12(11)18/h2-5,23H,6H2,1H3. The Morgan fingerprint density at radius 3 is 2.68 bits per heavy atom. The van der Waals surface area contributed by atoms with Gasteiger partial charge in [0.15, 0.2) is 17.4 Å². The van der Waals surface area contributed by atoms with Gasteiger partial charge in [0.25, 0.3) is 5.56 Å². The zero-order valence-corrected chi connectivity index (χ0v) is 13.5. The number of benzene rings is 1. The van der Waals surface area contributed by atoms with E-state index in [0.717, 1.165) is 15.9 Å². The van der Waals surface area contributed by atoms with E-state index in [2.05, 4.69) is 4.98 Å². The predicted octanol–water partition coefficient (Wildman–Crippen LogP) is 1.84. The van der Waals surface area contributed by atoms with Gasteiger partial charge in [-0.05, 0) is 0 Å². The number of aromatic nitrogens is 3. The number of thiazole rings is 1. The summed E-state index contributed by atoms with van der Waals surface area (Å²) in [4.78, 5) is 27.7. The molecule has 2 heterocycles. The lowest BCUT2D eigenvalue weighted by atomic mass is 10.2. The number of aromatic hydroxyl groups is 1. The largest absolute Gasteiger partial charge is 0.503 e. The summed E-state index contributed by atoms with van der Waals surface area (Å²) < 4.78 is 43.1. The first kappa shape index (κ1) is 17.0. The Labute approximate surface area is 142 Å². The molecule has 0 aliphatic carbocycles. The van der Waals surface area contributed by atoms with Crippen molar-refractivity contribution in [3.05, 3.63) is 67.7 Å². The summed E-state index contributed by atoms with van der Waals surface area (Å²) in [5, 5.41) is 9.18. The van der Waals surface area contributed by atoms with Gasteiger partial charge in [0.05, 0.1) is 12.1 Å². The van der Waals surface area contributed by atoms with Crippen LogP contribution in [0.4, 0.5) is 13.2 Å². The molecule has 0 bridgehead atoms. The molecule has 0 spiro atoms. The molecular weight excluding hydrogens is 359 g/mol. The highest BCUT2D eigenvalue weighted by Crippen LogP contribution is 2.35. The summed E-state index contributed by atoms with van der Waals surface area (Å²) in [6, 6.07) is 1.58. The molecule has 0 aliphatic rings. The highest BCUT2D eigenvalue weighted by Gasteiger charge is 2.22. The molecule has 0 aliphatic heterocycles. The van der Waals surface area contributed by atoms with Crippen LogP contribution >= 0.6 is 11.3 Å². The third-order valence-electron chi connectivity index (χ3n) is 3.50. The van der Waals surface area contributed by atoms with Crippen molar-refractivity contribution >= 4 is 11.3 Å². The summed E-state index contributed by atoms with van der Waals surface area (Å²) >= 11 is 0.871. The van der Waals surface area contributed by atoms with Gasteiger partial charge in [-0.25, -0.2) is 22.9 Å². The van der Waals surface area contributed by atoms with Crippen LogP contribution in [-0.2, 0) is 13.6 Å². The molecule has 0 unspecified atom stereocenters. The van der Waals surface area contributed by atoms with Crippen LogP contribution in [0.15, 0.2) is 34.1 Å². The van der Waals surface area contributed by atoms with Crippen molar-refractivity contribution < 1.29 is 18.3 Å². The van der Waals surface area contributed by atoms with Gasteiger partial charge in [0.2, 0.25) is 0 Å². The zero-order valence-electron chi connectivity index (χ0n) is 12.7. The zero-order chi connectivity index (χ0) is 18.3. The van der Waals surface area contributed by atoms with Crippen molar-refractivity contribution in [2.75, 3.05) is 0 Å². The lowest BCUT2D eigenvalue weighted by molar-refractivity contribution is 0.392. The number of phenols is 1. The maximum Gasteiger partial charge on any atom is 0.331 e. The first-order chi connectivity index (χ1) is 11.8. The number of rotatable bonds is 3. The Hall–Kier alpha value is -2.88. The molecule has 0 saturated heterocycles. The van der Waals surface area contributed by atoms with Crippen LogP contribution in [0, 0.1) is 17.5 Å². The van der Waals surface area contributed by atoms with Crippen molar-refractivity contribution in [3.8, 4) is 16.3 Å². The lowest BCUT2D eigenvalue weighted by Crippen LogP contribution is -2.36. The second-order valence-electron chi connectivity index (χ2n) is 5.13. The van der Waals surface area contributed by atoms with E-state index in [9.17, 15) is 27.9 Å². The van der Waals surface area contributed by atoms with Crippen LogP contribution in [0.25, 0.3) is 10.6 Å². The number of phenolic OH excluding ortho intramolecular Hbond substituents is 1. The average Bonchev–Trinajstić information content (AvgIpc) is 3.01. The molecule has 1 aromatic carbocycles. The summed E-state index contributed by atoms with van der Waals surface area (Å²) in [6.45, 7) is 0.0288. The van der Waals surface area contributed by atoms with Crippen molar-refractivity contribution in [2.45, 2.75) is 6.54 Å². The van der Waals surface area contributed by atoms with Gasteiger partial charge < -0.3 is 5.11 Å². The maximum atomic E-state index is 14.0. The first-order valence-electron chi connectivity index (χ1n) is 6.87. The molecule has 0 saturated carbocycles. The van der Waals surface area contributed by atoms with E-state index in [1.165, 1.54) is 30.1 Å². The fraction of sp³-hybridized carbons (Fsp3) is 0.133. The normalized spacial score (nSPS) is 11.0. The summed E-state index contributed by atoms with van der Waals surface area (Å²) in [5.41, 5.74) is -1.67. The third-order valence-corrected chi connectivity index (χ3v) is 4.50.